The van der Waals surface area contributed by atoms with Gasteiger partial charge in [-0.3, -0.25) is 8.97 Å². The van der Waals surface area contributed by atoms with E-state index in [9.17, 15) is 13.2 Å². The van der Waals surface area contributed by atoms with Crippen LogP contribution in [0.4, 0.5) is 13.2 Å². The number of imidazole rings is 1. The Morgan fingerprint density at radius 2 is 1.85 bits per heavy atom. The molecule has 3 heterocycles. The van der Waals surface area contributed by atoms with Crippen LogP contribution in [-0.4, -0.2) is 29.1 Å². The number of para-hydroxylation sites is 1. The van der Waals surface area contributed by atoms with Crippen LogP contribution >= 0.6 is 23.4 Å². The molecular weight excluding hydrogens is 473 g/mol. The topological polar surface area (TPSA) is 60.9 Å². The van der Waals surface area contributed by atoms with E-state index in [0.717, 1.165) is 6.07 Å². The van der Waals surface area contributed by atoms with Crippen molar-refractivity contribution in [3.8, 4) is 17.1 Å². The molecule has 5 aromatic rings. The molecule has 0 saturated heterocycles. The van der Waals surface area contributed by atoms with E-state index in [1.807, 2.05) is 12.4 Å². The molecule has 0 aliphatic carbocycles. The molecule has 33 heavy (non-hydrogen) atoms. The Hall–Kier alpha value is -3.37. The van der Waals surface area contributed by atoms with Crippen molar-refractivity contribution in [2.24, 2.45) is 0 Å². The van der Waals surface area contributed by atoms with Crippen molar-refractivity contribution in [1.82, 2.24) is 29.1 Å². The molecule has 5 rings (SSSR count). The van der Waals surface area contributed by atoms with E-state index in [4.69, 9.17) is 11.6 Å². The number of nitrogens with zero attached hydrogens (tertiary/aromatic N) is 6. The lowest BCUT2D eigenvalue weighted by Gasteiger charge is -2.16. The van der Waals surface area contributed by atoms with Gasteiger partial charge in [0, 0.05) is 34.9 Å². The van der Waals surface area contributed by atoms with E-state index in [2.05, 4.69) is 20.2 Å². The van der Waals surface area contributed by atoms with Crippen LogP contribution in [0.25, 0.3) is 22.9 Å². The van der Waals surface area contributed by atoms with E-state index in [0.29, 0.717) is 33.0 Å². The summed E-state index contributed by atoms with van der Waals surface area (Å²) in [7, 11) is 0. The second kappa shape index (κ2) is 8.53. The fraction of sp³-hybridized carbons (Fsp3) is 0.0909. The number of hydrogen-bond acceptors (Lipinski definition) is 5. The number of benzene rings is 2. The average Bonchev–Trinajstić information content (AvgIpc) is 3.41. The first kappa shape index (κ1) is 21.5. The van der Waals surface area contributed by atoms with Crippen LogP contribution in [0, 0.1) is 0 Å². The molecule has 0 fully saturated rings. The highest BCUT2D eigenvalue weighted by molar-refractivity contribution is 7.98. The van der Waals surface area contributed by atoms with Gasteiger partial charge in [-0.2, -0.15) is 13.2 Å². The fourth-order valence-corrected chi connectivity index (χ4v) is 4.41. The second-order valence-electron chi connectivity index (χ2n) is 7.01. The van der Waals surface area contributed by atoms with Crippen LogP contribution in [0.1, 0.15) is 11.3 Å². The van der Waals surface area contributed by atoms with Crippen molar-refractivity contribution in [1.29, 1.82) is 0 Å². The summed E-state index contributed by atoms with van der Waals surface area (Å²) in [5, 5.41) is 9.16. The van der Waals surface area contributed by atoms with Crippen molar-refractivity contribution < 1.29 is 13.2 Å². The Balaban J connectivity index is 1.60. The highest BCUT2D eigenvalue weighted by Crippen LogP contribution is 2.38. The zero-order valence-electron chi connectivity index (χ0n) is 16.7. The molecule has 11 heteroatoms. The first-order valence-electron chi connectivity index (χ1n) is 9.69. The normalized spacial score (nSPS) is 11.9. The number of hydrogen-bond donors (Lipinski definition) is 0. The quantitative estimate of drug-likeness (QED) is 0.288. The predicted octanol–water partition coefficient (Wildman–Crippen LogP) is 5.94. The number of rotatable bonds is 5. The van der Waals surface area contributed by atoms with Crippen molar-refractivity contribution in [2.75, 3.05) is 0 Å². The van der Waals surface area contributed by atoms with Gasteiger partial charge >= 0.3 is 6.18 Å². The average molecular weight is 487 g/mol. The number of thioether (sulfide) groups is 1. The number of fused-ring (bicyclic) bond motifs is 1. The molecule has 3 aromatic heterocycles. The lowest BCUT2D eigenvalue weighted by molar-refractivity contribution is -0.137. The van der Waals surface area contributed by atoms with Crippen LogP contribution in [0.3, 0.4) is 0 Å². The van der Waals surface area contributed by atoms with E-state index in [1.165, 1.54) is 28.5 Å². The smallest absolute Gasteiger partial charge is 0.291 e. The SMILES string of the molecule is FC(F)(F)c1ccccc1-n1c(SCc2cn3cccnc3n2)nnc1-c1cccc(Cl)c1. The summed E-state index contributed by atoms with van der Waals surface area (Å²) in [6.07, 6.45) is 0.725. The molecule has 0 spiro atoms. The molecule has 0 aliphatic rings. The van der Waals surface area contributed by atoms with Gasteiger partial charge in [-0.25, -0.2) is 9.97 Å². The van der Waals surface area contributed by atoms with Crippen LogP contribution in [0.5, 0.6) is 0 Å². The van der Waals surface area contributed by atoms with E-state index >= 15 is 0 Å². The largest absolute Gasteiger partial charge is 0.418 e. The molecule has 0 amide bonds. The number of alkyl halides is 3. The van der Waals surface area contributed by atoms with Gasteiger partial charge in [0.1, 0.15) is 0 Å². The van der Waals surface area contributed by atoms with E-state index < -0.39 is 11.7 Å². The fourth-order valence-electron chi connectivity index (χ4n) is 3.39. The molecule has 0 radical (unpaired) electrons. The Morgan fingerprint density at radius 1 is 1.00 bits per heavy atom. The molecule has 166 valence electrons. The number of halogens is 4. The van der Waals surface area contributed by atoms with Crippen LogP contribution in [0.15, 0.2) is 78.3 Å². The Labute approximate surface area is 195 Å². The Morgan fingerprint density at radius 3 is 2.64 bits per heavy atom. The van der Waals surface area contributed by atoms with Gasteiger partial charge in [-0.15, -0.1) is 10.2 Å². The molecule has 0 saturated carbocycles. The van der Waals surface area contributed by atoms with Gasteiger partial charge < -0.3 is 0 Å². The summed E-state index contributed by atoms with van der Waals surface area (Å²) in [5.41, 5.74) is 0.411. The summed E-state index contributed by atoms with van der Waals surface area (Å²) < 4.78 is 44.7. The molecular formula is C22H14ClF3N6S. The predicted molar refractivity (Wildman–Crippen MR) is 119 cm³/mol. The Kier molecular flexibility index (Phi) is 5.55. The first-order valence-corrected chi connectivity index (χ1v) is 11.1. The summed E-state index contributed by atoms with van der Waals surface area (Å²) in [4.78, 5) is 8.62. The minimum atomic E-state index is -4.55. The van der Waals surface area contributed by atoms with Crippen LogP contribution in [0.2, 0.25) is 5.02 Å². The minimum Gasteiger partial charge on any atom is -0.291 e. The maximum absolute atomic E-state index is 13.8. The monoisotopic (exact) mass is 486 g/mol. The third kappa shape index (κ3) is 4.31. The molecule has 0 atom stereocenters. The zero-order valence-corrected chi connectivity index (χ0v) is 18.3. The van der Waals surface area contributed by atoms with E-state index in [-0.39, 0.29) is 11.5 Å². The van der Waals surface area contributed by atoms with Gasteiger partial charge in [-0.1, -0.05) is 47.6 Å². The van der Waals surface area contributed by atoms with Crippen molar-refractivity contribution in [3.63, 3.8) is 0 Å². The number of aromatic nitrogens is 6. The van der Waals surface area contributed by atoms with Crippen molar-refractivity contribution in [3.05, 3.63) is 89.5 Å². The summed E-state index contributed by atoms with van der Waals surface area (Å²) >= 11 is 7.36. The van der Waals surface area contributed by atoms with Crippen molar-refractivity contribution >= 4 is 29.1 Å². The van der Waals surface area contributed by atoms with Crippen molar-refractivity contribution in [2.45, 2.75) is 17.1 Å². The van der Waals surface area contributed by atoms with Crippen LogP contribution < -0.4 is 0 Å². The standard InChI is InChI=1S/C22H14ClF3N6S/c23-15-6-3-5-14(11-15)19-29-30-21(32(19)18-8-2-1-7-17(18)22(24,25)26)33-13-16-12-31-10-4-9-27-20(31)28-16/h1-12H,13H2. The third-order valence-corrected chi connectivity index (χ3v) is 6.00. The molecule has 2 aromatic carbocycles. The maximum Gasteiger partial charge on any atom is 0.418 e. The zero-order chi connectivity index (χ0) is 23.0. The first-order chi connectivity index (χ1) is 15.9. The summed E-state index contributed by atoms with van der Waals surface area (Å²) in [6, 6.07) is 13.9. The van der Waals surface area contributed by atoms with Gasteiger partial charge in [-0.05, 0) is 30.3 Å². The minimum absolute atomic E-state index is 0.0656. The Bertz CT molecular complexity index is 1410. The molecule has 0 bridgehead atoms. The van der Waals surface area contributed by atoms with Gasteiger partial charge in [0.05, 0.1) is 16.9 Å². The van der Waals surface area contributed by atoms with Gasteiger partial charge in [0.15, 0.2) is 11.0 Å². The molecule has 0 unspecified atom stereocenters. The molecule has 6 nitrogen and oxygen atoms in total. The second-order valence-corrected chi connectivity index (χ2v) is 8.39. The maximum atomic E-state index is 13.8. The lowest BCUT2D eigenvalue weighted by atomic mass is 10.1. The highest BCUT2D eigenvalue weighted by Gasteiger charge is 2.35. The highest BCUT2D eigenvalue weighted by atomic mass is 35.5. The van der Waals surface area contributed by atoms with Gasteiger partial charge in [0.25, 0.3) is 0 Å². The van der Waals surface area contributed by atoms with E-state index in [1.54, 1.807) is 47.0 Å². The third-order valence-electron chi connectivity index (χ3n) is 4.80. The summed E-state index contributed by atoms with van der Waals surface area (Å²) in [5.74, 6) is 1.16. The van der Waals surface area contributed by atoms with Crippen LogP contribution in [-0.2, 0) is 11.9 Å². The lowest BCUT2D eigenvalue weighted by Crippen LogP contribution is -2.12. The van der Waals surface area contributed by atoms with Gasteiger partial charge in [0.2, 0.25) is 5.78 Å². The molecule has 0 N–H and O–H groups in total. The summed E-state index contributed by atoms with van der Waals surface area (Å²) in [6.45, 7) is 0. The molecule has 0 aliphatic heterocycles.